The van der Waals surface area contributed by atoms with E-state index in [1.165, 1.54) is 18.2 Å². The van der Waals surface area contributed by atoms with Crippen LogP contribution < -0.4 is 0 Å². The van der Waals surface area contributed by atoms with Crippen molar-refractivity contribution in [2.75, 3.05) is 0 Å². The number of rotatable bonds is 2. The van der Waals surface area contributed by atoms with Gasteiger partial charge in [0.05, 0.1) is 11.1 Å². The molecule has 0 fully saturated rings. The summed E-state index contributed by atoms with van der Waals surface area (Å²) in [6.07, 6.45) is -2.52. The summed E-state index contributed by atoms with van der Waals surface area (Å²) in [7, 11) is 0. The van der Waals surface area contributed by atoms with E-state index in [0.717, 1.165) is 6.07 Å². The Morgan fingerprint density at radius 2 is 1.12 bits per heavy atom. The van der Waals surface area contributed by atoms with Gasteiger partial charge in [-0.2, -0.15) is 13.2 Å². The third kappa shape index (κ3) is 4.46. The second kappa shape index (κ2) is 7.96. The Hall–Kier alpha value is -2.64. The molecule has 2 aromatic carbocycles. The van der Waals surface area contributed by atoms with E-state index in [9.17, 15) is 35.1 Å². The molecule has 0 aliphatic carbocycles. The summed E-state index contributed by atoms with van der Waals surface area (Å²) in [5, 5.41) is 0. The Labute approximate surface area is 137 Å². The van der Waals surface area contributed by atoms with Crippen LogP contribution in [0.4, 0.5) is 35.1 Å². The lowest BCUT2D eigenvalue weighted by Gasteiger charge is -2.08. The largest absolute Gasteiger partial charge is 0.416 e. The SMILES string of the molecule is C=Cc1c(F)c(F)c(F)c(F)c1F.C=Cc1ccccc1C(F)(F)F. The fraction of sp³-hybridized carbons (Fsp3) is 0.0588. The van der Waals surface area contributed by atoms with Crippen LogP contribution in [0.15, 0.2) is 37.4 Å². The normalized spacial score (nSPS) is 10.7. The highest BCUT2D eigenvalue weighted by molar-refractivity contribution is 5.52. The van der Waals surface area contributed by atoms with Crippen molar-refractivity contribution in [3.8, 4) is 0 Å². The summed E-state index contributed by atoms with van der Waals surface area (Å²) in [6.45, 7) is 6.23. The molecule has 2 aromatic rings. The van der Waals surface area contributed by atoms with E-state index < -0.39 is 46.4 Å². The molecule has 0 atom stereocenters. The minimum Gasteiger partial charge on any atom is -0.203 e. The van der Waals surface area contributed by atoms with Gasteiger partial charge < -0.3 is 0 Å². The van der Waals surface area contributed by atoms with Gasteiger partial charge in [0.15, 0.2) is 23.3 Å². The van der Waals surface area contributed by atoms with Crippen LogP contribution in [-0.4, -0.2) is 0 Å². The lowest BCUT2D eigenvalue weighted by atomic mass is 10.1. The summed E-state index contributed by atoms with van der Waals surface area (Å²) < 4.78 is 98.9. The predicted octanol–water partition coefficient (Wildman–Crippen LogP) is 6.37. The Morgan fingerprint density at radius 1 is 0.680 bits per heavy atom. The van der Waals surface area contributed by atoms with E-state index in [2.05, 4.69) is 13.2 Å². The van der Waals surface area contributed by atoms with E-state index in [-0.39, 0.29) is 5.56 Å². The zero-order chi connectivity index (χ0) is 19.4. The molecule has 0 aliphatic heterocycles. The van der Waals surface area contributed by atoms with E-state index in [1.807, 2.05) is 0 Å². The monoisotopic (exact) mass is 366 g/mol. The van der Waals surface area contributed by atoms with Gasteiger partial charge in [-0.1, -0.05) is 43.5 Å². The van der Waals surface area contributed by atoms with Crippen LogP contribution in [0.25, 0.3) is 12.2 Å². The van der Waals surface area contributed by atoms with Crippen molar-refractivity contribution in [1.29, 1.82) is 0 Å². The number of benzene rings is 2. The average molecular weight is 366 g/mol. The maximum atomic E-state index is 12.6. The first-order valence-corrected chi connectivity index (χ1v) is 6.48. The molecule has 0 bridgehead atoms. The molecule has 0 aromatic heterocycles. The summed E-state index contributed by atoms with van der Waals surface area (Å²) >= 11 is 0. The fourth-order valence-electron chi connectivity index (χ4n) is 1.73. The molecule has 25 heavy (non-hydrogen) atoms. The second-order valence-corrected chi connectivity index (χ2v) is 4.48. The van der Waals surface area contributed by atoms with Crippen molar-refractivity contribution in [2.24, 2.45) is 0 Å². The van der Waals surface area contributed by atoms with Crippen LogP contribution >= 0.6 is 0 Å². The van der Waals surface area contributed by atoms with E-state index in [4.69, 9.17) is 0 Å². The molecule has 0 saturated carbocycles. The Kier molecular flexibility index (Phi) is 6.49. The van der Waals surface area contributed by atoms with Crippen LogP contribution in [0, 0.1) is 29.1 Å². The van der Waals surface area contributed by atoms with Crippen LogP contribution in [0.3, 0.4) is 0 Å². The first-order valence-electron chi connectivity index (χ1n) is 6.48. The van der Waals surface area contributed by atoms with Gasteiger partial charge >= 0.3 is 6.18 Å². The fourth-order valence-corrected chi connectivity index (χ4v) is 1.73. The molecule has 0 unspecified atom stereocenters. The van der Waals surface area contributed by atoms with Crippen molar-refractivity contribution < 1.29 is 35.1 Å². The highest BCUT2D eigenvalue weighted by atomic mass is 19.4. The topological polar surface area (TPSA) is 0 Å². The minimum atomic E-state index is -4.29. The van der Waals surface area contributed by atoms with Gasteiger partial charge in [0.1, 0.15) is 0 Å². The molecule has 0 spiro atoms. The Balaban J connectivity index is 0.000000251. The third-order valence-electron chi connectivity index (χ3n) is 2.93. The first kappa shape index (κ1) is 20.4. The third-order valence-corrected chi connectivity index (χ3v) is 2.93. The predicted molar refractivity (Wildman–Crippen MR) is 77.9 cm³/mol. The molecule has 0 saturated heterocycles. The minimum absolute atomic E-state index is 0.116. The van der Waals surface area contributed by atoms with E-state index in [1.54, 1.807) is 6.07 Å². The molecule has 8 heteroatoms. The highest BCUT2D eigenvalue weighted by Gasteiger charge is 2.32. The van der Waals surface area contributed by atoms with Crippen molar-refractivity contribution in [1.82, 2.24) is 0 Å². The molecule has 134 valence electrons. The molecule has 0 radical (unpaired) electrons. The quantitative estimate of drug-likeness (QED) is 0.329. The molecule has 2 rings (SSSR count). The summed E-state index contributed by atoms with van der Waals surface area (Å²) in [5.74, 6) is -9.83. The van der Waals surface area contributed by atoms with Crippen LogP contribution in [0.2, 0.25) is 0 Å². The lowest BCUT2D eigenvalue weighted by Crippen LogP contribution is -2.06. The number of halogens is 8. The van der Waals surface area contributed by atoms with Crippen molar-refractivity contribution in [3.05, 3.63) is 83.2 Å². The van der Waals surface area contributed by atoms with Gasteiger partial charge in [-0.15, -0.1) is 0 Å². The Morgan fingerprint density at radius 3 is 1.48 bits per heavy atom. The van der Waals surface area contributed by atoms with Gasteiger partial charge in [0.2, 0.25) is 5.82 Å². The van der Waals surface area contributed by atoms with Gasteiger partial charge in [-0.25, -0.2) is 22.0 Å². The molecule has 0 nitrogen and oxygen atoms in total. The van der Waals surface area contributed by atoms with Crippen LogP contribution in [0.1, 0.15) is 16.7 Å². The number of hydrogen-bond donors (Lipinski definition) is 0. The second-order valence-electron chi connectivity index (χ2n) is 4.48. The molecular formula is C17H10F8. The molecule has 0 amide bonds. The van der Waals surface area contributed by atoms with Crippen molar-refractivity contribution in [2.45, 2.75) is 6.18 Å². The average Bonchev–Trinajstić information content (AvgIpc) is 2.58. The molecular weight excluding hydrogens is 356 g/mol. The number of alkyl halides is 3. The van der Waals surface area contributed by atoms with Gasteiger partial charge in [-0.3, -0.25) is 0 Å². The summed E-state index contributed by atoms with van der Waals surface area (Å²) in [4.78, 5) is 0. The Bertz CT molecular complexity index is 761. The summed E-state index contributed by atoms with van der Waals surface area (Å²) in [6, 6.07) is 5.33. The standard InChI is InChI=1S/C9H7F3.C8H3F5/c1-2-7-5-3-4-6-8(7)9(10,11)12;1-2-3-4(9)6(11)8(13)7(12)5(3)10/h2-6H,1H2;2H,1H2. The number of hydrogen-bond acceptors (Lipinski definition) is 0. The first-order chi connectivity index (χ1) is 11.6. The van der Waals surface area contributed by atoms with Gasteiger partial charge in [0.25, 0.3) is 0 Å². The molecule has 0 N–H and O–H groups in total. The van der Waals surface area contributed by atoms with Crippen LogP contribution in [-0.2, 0) is 6.18 Å². The zero-order valence-electron chi connectivity index (χ0n) is 12.4. The van der Waals surface area contributed by atoms with E-state index >= 15 is 0 Å². The smallest absolute Gasteiger partial charge is 0.203 e. The lowest BCUT2D eigenvalue weighted by molar-refractivity contribution is -0.137. The summed E-state index contributed by atoms with van der Waals surface area (Å²) in [5.41, 5.74) is -1.54. The zero-order valence-corrected chi connectivity index (χ0v) is 12.4. The van der Waals surface area contributed by atoms with Crippen molar-refractivity contribution >= 4 is 12.2 Å². The van der Waals surface area contributed by atoms with Crippen molar-refractivity contribution in [3.63, 3.8) is 0 Å². The van der Waals surface area contributed by atoms with Crippen LogP contribution in [0.5, 0.6) is 0 Å². The highest BCUT2D eigenvalue weighted by Crippen LogP contribution is 2.32. The molecule has 0 heterocycles. The van der Waals surface area contributed by atoms with E-state index in [0.29, 0.717) is 6.08 Å². The molecule has 0 aliphatic rings. The van der Waals surface area contributed by atoms with Gasteiger partial charge in [0, 0.05) is 0 Å². The van der Waals surface area contributed by atoms with Gasteiger partial charge in [-0.05, 0) is 11.6 Å². The maximum absolute atomic E-state index is 12.6. The maximum Gasteiger partial charge on any atom is 0.416 e.